The molecule has 0 aliphatic heterocycles. The second-order valence-electron chi connectivity index (χ2n) is 6.37. The highest BCUT2D eigenvalue weighted by atomic mass is 79.9. The monoisotopic (exact) mass is 398 g/mol. The Morgan fingerprint density at radius 2 is 1.92 bits per heavy atom. The Bertz CT molecular complexity index is 780. The van der Waals surface area contributed by atoms with Crippen molar-refractivity contribution in [2.24, 2.45) is 0 Å². The van der Waals surface area contributed by atoms with E-state index in [2.05, 4.69) is 25.9 Å². The molecule has 0 aliphatic rings. The third kappa shape index (κ3) is 4.22. The van der Waals surface area contributed by atoms with Crippen molar-refractivity contribution >= 4 is 39.1 Å². The van der Waals surface area contributed by atoms with Gasteiger partial charge in [-0.1, -0.05) is 0 Å². The van der Waals surface area contributed by atoms with Gasteiger partial charge in [0.1, 0.15) is 17.6 Å². The highest BCUT2D eigenvalue weighted by molar-refractivity contribution is 9.10. The SMILES string of the molecule is CC(C)n1cc(Br)c2c(OC(=O)NC(=O)OC(C)(C)C)ncnc21. The molecule has 0 saturated carbocycles. The molecule has 0 aliphatic carbocycles. The largest absolute Gasteiger partial charge is 0.443 e. The van der Waals surface area contributed by atoms with Crippen LogP contribution in [0.15, 0.2) is 17.0 Å². The lowest BCUT2D eigenvalue weighted by atomic mass is 10.2. The summed E-state index contributed by atoms with van der Waals surface area (Å²) in [6.07, 6.45) is 1.26. The number of ether oxygens (including phenoxy) is 2. The molecular weight excluding hydrogens is 380 g/mol. The number of carbonyl (C=O) groups is 2. The molecule has 24 heavy (non-hydrogen) atoms. The van der Waals surface area contributed by atoms with E-state index in [0.717, 1.165) is 0 Å². The van der Waals surface area contributed by atoms with Crippen LogP contribution in [0.1, 0.15) is 40.7 Å². The summed E-state index contributed by atoms with van der Waals surface area (Å²) in [5.74, 6) is 0.0485. The molecule has 2 aromatic rings. The van der Waals surface area contributed by atoms with E-state index in [9.17, 15) is 9.59 Å². The van der Waals surface area contributed by atoms with Crippen molar-refractivity contribution in [3.8, 4) is 5.88 Å². The Labute approximate surface area is 147 Å². The molecule has 0 aromatic carbocycles. The van der Waals surface area contributed by atoms with Gasteiger partial charge >= 0.3 is 12.2 Å². The van der Waals surface area contributed by atoms with Crippen molar-refractivity contribution in [3.05, 3.63) is 17.0 Å². The molecular formula is C15H19BrN4O4. The molecule has 0 spiro atoms. The van der Waals surface area contributed by atoms with Crippen molar-refractivity contribution in [2.45, 2.75) is 46.3 Å². The maximum atomic E-state index is 11.9. The first-order valence-electron chi connectivity index (χ1n) is 7.31. The Balaban J connectivity index is 2.21. The van der Waals surface area contributed by atoms with E-state index in [1.54, 1.807) is 20.8 Å². The molecule has 8 nitrogen and oxygen atoms in total. The van der Waals surface area contributed by atoms with E-state index in [0.29, 0.717) is 15.5 Å². The molecule has 1 N–H and O–H groups in total. The summed E-state index contributed by atoms with van der Waals surface area (Å²) >= 11 is 3.41. The van der Waals surface area contributed by atoms with Crippen LogP contribution < -0.4 is 10.1 Å². The first kappa shape index (κ1) is 18.2. The molecule has 0 unspecified atom stereocenters. The standard InChI is InChI=1S/C15H19BrN4O4/c1-8(2)20-6-9(16)10-11(20)17-7-18-12(10)23-13(21)19-14(22)24-15(3,4)5/h6-8H,1-5H3,(H,19,21,22). The van der Waals surface area contributed by atoms with Crippen LogP contribution in [0.3, 0.4) is 0 Å². The number of alkyl carbamates (subject to hydrolysis) is 1. The Hall–Kier alpha value is -2.16. The quantitative estimate of drug-likeness (QED) is 0.826. The number of hydrogen-bond acceptors (Lipinski definition) is 6. The number of nitrogens with one attached hydrogen (secondary N) is 1. The van der Waals surface area contributed by atoms with E-state index < -0.39 is 17.8 Å². The summed E-state index contributed by atoms with van der Waals surface area (Å²) in [7, 11) is 0. The number of rotatable bonds is 2. The van der Waals surface area contributed by atoms with Gasteiger partial charge < -0.3 is 14.0 Å². The summed E-state index contributed by atoms with van der Waals surface area (Å²) in [6.45, 7) is 9.08. The molecule has 2 aromatic heterocycles. The minimum Gasteiger partial charge on any atom is -0.443 e. The third-order valence-corrected chi connectivity index (χ3v) is 3.48. The second kappa shape index (κ2) is 6.76. The zero-order chi connectivity index (χ0) is 18.1. The maximum absolute atomic E-state index is 11.9. The van der Waals surface area contributed by atoms with E-state index in [-0.39, 0.29) is 11.9 Å². The average Bonchev–Trinajstić information content (AvgIpc) is 2.75. The normalized spacial score (nSPS) is 11.6. The van der Waals surface area contributed by atoms with Crippen LogP contribution in [-0.4, -0.2) is 32.3 Å². The van der Waals surface area contributed by atoms with Gasteiger partial charge in [-0.2, -0.15) is 0 Å². The van der Waals surface area contributed by atoms with Gasteiger partial charge in [-0.3, -0.25) is 0 Å². The van der Waals surface area contributed by atoms with Gasteiger partial charge in [0, 0.05) is 12.2 Å². The molecule has 0 radical (unpaired) electrons. The predicted molar refractivity (Wildman–Crippen MR) is 91.0 cm³/mol. The zero-order valence-electron chi connectivity index (χ0n) is 14.1. The fraction of sp³-hybridized carbons (Fsp3) is 0.467. The van der Waals surface area contributed by atoms with Crippen molar-refractivity contribution in [1.82, 2.24) is 19.9 Å². The van der Waals surface area contributed by atoms with Gasteiger partial charge in [0.2, 0.25) is 5.88 Å². The highest BCUT2D eigenvalue weighted by Gasteiger charge is 2.21. The Morgan fingerprint density at radius 1 is 1.25 bits per heavy atom. The van der Waals surface area contributed by atoms with Crippen LogP contribution in [-0.2, 0) is 4.74 Å². The van der Waals surface area contributed by atoms with Crippen LogP contribution in [0.2, 0.25) is 0 Å². The third-order valence-electron chi connectivity index (χ3n) is 2.88. The number of hydrogen-bond donors (Lipinski definition) is 1. The van der Waals surface area contributed by atoms with Crippen molar-refractivity contribution < 1.29 is 19.1 Å². The lowest BCUT2D eigenvalue weighted by molar-refractivity contribution is 0.0533. The fourth-order valence-corrected chi connectivity index (χ4v) is 2.55. The van der Waals surface area contributed by atoms with Crippen LogP contribution in [0.5, 0.6) is 5.88 Å². The molecule has 0 fully saturated rings. The smallest absolute Gasteiger partial charge is 0.423 e. The topological polar surface area (TPSA) is 95.3 Å². The molecule has 0 atom stereocenters. The highest BCUT2D eigenvalue weighted by Crippen LogP contribution is 2.32. The zero-order valence-corrected chi connectivity index (χ0v) is 15.7. The lowest BCUT2D eigenvalue weighted by Crippen LogP contribution is -2.38. The van der Waals surface area contributed by atoms with Gasteiger partial charge in [-0.25, -0.2) is 24.9 Å². The summed E-state index contributed by atoms with van der Waals surface area (Å²) < 4.78 is 12.7. The number of aromatic nitrogens is 3. The number of nitrogens with zero attached hydrogens (tertiary/aromatic N) is 3. The fourth-order valence-electron chi connectivity index (χ4n) is 1.98. The van der Waals surface area contributed by atoms with Gasteiger partial charge in [0.15, 0.2) is 0 Å². The molecule has 2 heterocycles. The Kier molecular flexibility index (Phi) is 5.12. The Morgan fingerprint density at radius 3 is 2.50 bits per heavy atom. The molecule has 130 valence electrons. The van der Waals surface area contributed by atoms with Gasteiger partial charge in [-0.05, 0) is 50.5 Å². The minimum absolute atomic E-state index is 0.0485. The number of halogens is 1. The van der Waals surface area contributed by atoms with Crippen LogP contribution >= 0.6 is 15.9 Å². The van der Waals surface area contributed by atoms with Crippen LogP contribution in [0.25, 0.3) is 11.0 Å². The van der Waals surface area contributed by atoms with E-state index in [4.69, 9.17) is 9.47 Å². The number of fused-ring (bicyclic) bond motifs is 1. The van der Waals surface area contributed by atoms with E-state index in [1.807, 2.05) is 29.9 Å². The lowest BCUT2D eigenvalue weighted by Gasteiger charge is -2.19. The predicted octanol–water partition coefficient (Wildman–Crippen LogP) is 3.80. The van der Waals surface area contributed by atoms with Gasteiger partial charge in [-0.15, -0.1) is 0 Å². The van der Waals surface area contributed by atoms with Crippen molar-refractivity contribution in [1.29, 1.82) is 0 Å². The van der Waals surface area contributed by atoms with Gasteiger partial charge in [0.25, 0.3) is 0 Å². The van der Waals surface area contributed by atoms with Crippen molar-refractivity contribution in [3.63, 3.8) is 0 Å². The minimum atomic E-state index is -0.978. The van der Waals surface area contributed by atoms with Crippen molar-refractivity contribution in [2.75, 3.05) is 0 Å². The molecule has 2 amide bonds. The maximum Gasteiger partial charge on any atom is 0.423 e. The summed E-state index contributed by atoms with van der Waals surface area (Å²) in [6, 6.07) is 0.164. The molecule has 0 bridgehead atoms. The molecule has 0 saturated heterocycles. The first-order chi connectivity index (χ1) is 11.1. The first-order valence-corrected chi connectivity index (χ1v) is 8.10. The number of imide groups is 1. The molecule has 2 rings (SSSR count). The molecule has 9 heteroatoms. The van der Waals surface area contributed by atoms with E-state index >= 15 is 0 Å². The number of carbonyl (C=O) groups excluding carboxylic acids is 2. The van der Waals surface area contributed by atoms with E-state index in [1.165, 1.54) is 6.33 Å². The van der Waals surface area contributed by atoms with Gasteiger partial charge in [0.05, 0.1) is 9.86 Å². The summed E-state index contributed by atoms with van der Waals surface area (Å²) in [4.78, 5) is 31.7. The summed E-state index contributed by atoms with van der Waals surface area (Å²) in [5.41, 5.74) is -0.101. The number of amides is 2. The average molecular weight is 399 g/mol. The second-order valence-corrected chi connectivity index (χ2v) is 7.23. The van der Waals surface area contributed by atoms with Crippen LogP contribution in [0, 0.1) is 0 Å². The summed E-state index contributed by atoms with van der Waals surface area (Å²) in [5, 5.41) is 2.54. The van der Waals surface area contributed by atoms with Crippen LogP contribution in [0.4, 0.5) is 9.59 Å².